The van der Waals surface area contributed by atoms with Crippen LogP contribution in [0.15, 0.2) is 77.2 Å². The predicted octanol–water partition coefficient (Wildman–Crippen LogP) is 5.39. The number of carbonyl (C=O) groups is 2. The van der Waals surface area contributed by atoms with Crippen molar-refractivity contribution in [1.29, 1.82) is 0 Å². The van der Waals surface area contributed by atoms with Crippen LogP contribution in [-0.4, -0.2) is 24.9 Å². The molecule has 1 unspecified atom stereocenters. The van der Waals surface area contributed by atoms with Crippen LogP contribution in [0, 0.1) is 6.92 Å². The van der Waals surface area contributed by atoms with Gasteiger partial charge in [-0.05, 0) is 38.1 Å². The number of ether oxygens (including phenoxy) is 2. The van der Waals surface area contributed by atoms with Crippen molar-refractivity contribution >= 4 is 28.3 Å². The van der Waals surface area contributed by atoms with Crippen molar-refractivity contribution in [2.45, 2.75) is 20.0 Å². The van der Waals surface area contributed by atoms with Crippen LogP contribution in [0.3, 0.4) is 0 Å². The van der Waals surface area contributed by atoms with Crippen molar-refractivity contribution in [1.82, 2.24) is 0 Å². The lowest BCUT2D eigenvalue weighted by molar-refractivity contribution is -0.122. The van der Waals surface area contributed by atoms with Gasteiger partial charge in [0.25, 0.3) is 5.91 Å². The largest absolute Gasteiger partial charge is 0.493 e. The molecule has 1 atom stereocenters. The number of methoxy groups -OCH3 is 1. The highest BCUT2D eigenvalue weighted by molar-refractivity contribution is 6.17. The lowest BCUT2D eigenvalue weighted by atomic mass is 10.1. The van der Waals surface area contributed by atoms with Crippen molar-refractivity contribution in [2.24, 2.45) is 0 Å². The van der Waals surface area contributed by atoms with Gasteiger partial charge in [-0.2, -0.15) is 0 Å². The molecular weight excluding hydrogens is 406 g/mol. The van der Waals surface area contributed by atoms with E-state index >= 15 is 0 Å². The van der Waals surface area contributed by atoms with Crippen LogP contribution < -0.4 is 14.8 Å². The van der Waals surface area contributed by atoms with Gasteiger partial charge in [0, 0.05) is 10.9 Å². The zero-order valence-corrected chi connectivity index (χ0v) is 18.0. The molecular formula is C26H23NO5. The van der Waals surface area contributed by atoms with Gasteiger partial charge in [-0.3, -0.25) is 9.59 Å². The van der Waals surface area contributed by atoms with Gasteiger partial charge in [-0.1, -0.05) is 54.1 Å². The number of carbonyl (C=O) groups excluding carboxylic acids is 2. The number of rotatable bonds is 7. The summed E-state index contributed by atoms with van der Waals surface area (Å²) in [5.74, 6) is 0.324. The van der Waals surface area contributed by atoms with Gasteiger partial charge in [0.05, 0.1) is 12.8 Å². The summed E-state index contributed by atoms with van der Waals surface area (Å²) >= 11 is 0. The monoisotopic (exact) mass is 429 g/mol. The van der Waals surface area contributed by atoms with Crippen LogP contribution >= 0.6 is 0 Å². The minimum absolute atomic E-state index is 0.0768. The molecule has 4 aromatic rings. The molecule has 6 nitrogen and oxygen atoms in total. The fourth-order valence-corrected chi connectivity index (χ4v) is 3.35. The number of furan rings is 1. The first kappa shape index (κ1) is 21.2. The van der Waals surface area contributed by atoms with Crippen molar-refractivity contribution in [3.63, 3.8) is 0 Å². The number of hydrogen-bond donors (Lipinski definition) is 1. The standard InChI is InChI=1S/C26H23NO5/c1-16-12-14-18(15-13-16)24(28)25-23(19-8-4-5-9-20(19)32-25)27-26(29)17(2)31-22-11-7-6-10-21(22)30-3/h4-15,17H,1-3H3,(H,27,29). The Labute approximate surface area is 185 Å². The minimum Gasteiger partial charge on any atom is -0.493 e. The minimum atomic E-state index is -0.845. The van der Waals surface area contributed by atoms with Gasteiger partial charge in [-0.15, -0.1) is 0 Å². The number of fused-ring (bicyclic) bond motifs is 1. The van der Waals surface area contributed by atoms with Crippen LogP contribution in [0.2, 0.25) is 0 Å². The number of anilines is 1. The molecule has 1 N–H and O–H groups in total. The maximum absolute atomic E-state index is 13.2. The van der Waals surface area contributed by atoms with E-state index in [4.69, 9.17) is 13.9 Å². The molecule has 0 aliphatic rings. The summed E-state index contributed by atoms with van der Waals surface area (Å²) in [6, 6.07) is 21.5. The number of amides is 1. The SMILES string of the molecule is COc1ccccc1OC(C)C(=O)Nc1c(C(=O)c2ccc(C)cc2)oc2ccccc12. The zero-order chi connectivity index (χ0) is 22.7. The van der Waals surface area contributed by atoms with E-state index in [1.807, 2.05) is 37.3 Å². The summed E-state index contributed by atoms with van der Waals surface area (Å²) in [5, 5.41) is 3.47. The molecule has 4 rings (SSSR count). The summed E-state index contributed by atoms with van der Waals surface area (Å²) in [6.45, 7) is 3.58. The highest BCUT2D eigenvalue weighted by Crippen LogP contribution is 2.33. The van der Waals surface area contributed by atoms with Crippen LogP contribution in [0.4, 0.5) is 5.69 Å². The number of para-hydroxylation sites is 3. The zero-order valence-electron chi connectivity index (χ0n) is 18.0. The lowest BCUT2D eigenvalue weighted by Gasteiger charge is -2.16. The smallest absolute Gasteiger partial charge is 0.265 e. The van der Waals surface area contributed by atoms with Crippen molar-refractivity contribution in [2.75, 3.05) is 12.4 Å². The van der Waals surface area contributed by atoms with Gasteiger partial charge >= 0.3 is 0 Å². The molecule has 0 aliphatic heterocycles. The van der Waals surface area contributed by atoms with Crippen LogP contribution in [0.5, 0.6) is 11.5 Å². The topological polar surface area (TPSA) is 77.8 Å². The Morgan fingerprint density at radius 3 is 2.28 bits per heavy atom. The van der Waals surface area contributed by atoms with Crippen LogP contribution in [0.25, 0.3) is 11.0 Å². The summed E-state index contributed by atoms with van der Waals surface area (Å²) in [4.78, 5) is 26.2. The molecule has 6 heteroatoms. The number of benzene rings is 3. The van der Waals surface area contributed by atoms with Crippen molar-refractivity contribution in [3.8, 4) is 11.5 Å². The first-order chi connectivity index (χ1) is 15.5. The van der Waals surface area contributed by atoms with E-state index in [1.165, 1.54) is 7.11 Å². The summed E-state index contributed by atoms with van der Waals surface area (Å²) in [6.07, 6.45) is -0.845. The summed E-state index contributed by atoms with van der Waals surface area (Å²) in [7, 11) is 1.54. The molecule has 1 aromatic heterocycles. The maximum atomic E-state index is 13.2. The summed E-state index contributed by atoms with van der Waals surface area (Å²) < 4.78 is 16.9. The second-order valence-electron chi connectivity index (χ2n) is 7.40. The number of aryl methyl sites for hydroxylation is 1. The van der Waals surface area contributed by atoms with E-state index in [1.54, 1.807) is 49.4 Å². The molecule has 3 aromatic carbocycles. The number of ketones is 1. The van der Waals surface area contributed by atoms with Gasteiger partial charge < -0.3 is 19.2 Å². The Morgan fingerprint density at radius 2 is 1.56 bits per heavy atom. The van der Waals surface area contributed by atoms with Crippen molar-refractivity contribution < 1.29 is 23.5 Å². The van der Waals surface area contributed by atoms with E-state index in [-0.39, 0.29) is 11.5 Å². The lowest BCUT2D eigenvalue weighted by Crippen LogP contribution is -2.30. The molecule has 0 fully saturated rings. The Morgan fingerprint density at radius 1 is 0.906 bits per heavy atom. The van der Waals surface area contributed by atoms with Crippen LogP contribution in [0.1, 0.15) is 28.6 Å². The number of nitrogens with one attached hydrogen (secondary N) is 1. The second kappa shape index (κ2) is 8.98. The molecule has 1 heterocycles. The molecule has 0 saturated heterocycles. The third-order valence-electron chi connectivity index (χ3n) is 5.11. The predicted molar refractivity (Wildman–Crippen MR) is 123 cm³/mol. The average molecular weight is 429 g/mol. The molecule has 32 heavy (non-hydrogen) atoms. The maximum Gasteiger partial charge on any atom is 0.265 e. The Bertz CT molecular complexity index is 1270. The van der Waals surface area contributed by atoms with Gasteiger partial charge in [0.2, 0.25) is 5.78 Å². The van der Waals surface area contributed by atoms with Gasteiger partial charge in [0.1, 0.15) is 5.58 Å². The van der Waals surface area contributed by atoms with E-state index in [0.29, 0.717) is 33.7 Å². The molecule has 0 bridgehead atoms. The second-order valence-corrected chi connectivity index (χ2v) is 7.40. The first-order valence-electron chi connectivity index (χ1n) is 10.2. The summed E-state index contributed by atoms with van der Waals surface area (Å²) in [5.41, 5.74) is 2.36. The Hall–Kier alpha value is -4.06. The Balaban J connectivity index is 1.64. The normalized spacial score (nSPS) is 11.7. The third-order valence-corrected chi connectivity index (χ3v) is 5.11. The van der Waals surface area contributed by atoms with Crippen LogP contribution in [-0.2, 0) is 4.79 Å². The third kappa shape index (κ3) is 4.21. The first-order valence-corrected chi connectivity index (χ1v) is 10.2. The van der Waals surface area contributed by atoms with E-state index in [0.717, 1.165) is 5.56 Å². The fourth-order valence-electron chi connectivity index (χ4n) is 3.35. The highest BCUT2D eigenvalue weighted by Gasteiger charge is 2.25. The highest BCUT2D eigenvalue weighted by atomic mass is 16.5. The van der Waals surface area contributed by atoms with E-state index < -0.39 is 12.0 Å². The van der Waals surface area contributed by atoms with Gasteiger partial charge in [0.15, 0.2) is 23.4 Å². The molecule has 0 radical (unpaired) electrons. The van der Waals surface area contributed by atoms with Gasteiger partial charge in [-0.25, -0.2) is 0 Å². The molecule has 162 valence electrons. The van der Waals surface area contributed by atoms with E-state index in [2.05, 4.69) is 5.32 Å². The van der Waals surface area contributed by atoms with Crippen molar-refractivity contribution in [3.05, 3.63) is 89.7 Å². The average Bonchev–Trinajstić information content (AvgIpc) is 3.17. The van der Waals surface area contributed by atoms with E-state index in [9.17, 15) is 9.59 Å². The molecule has 0 saturated carbocycles. The molecule has 0 spiro atoms. The molecule has 0 aliphatic carbocycles. The quantitative estimate of drug-likeness (QED) is 0.399. The molecule has 1 amide bonds. The Kier molecular flexibility index (Phi) is 5.94. The number of hydrogen-bond acceptors (Lipinski definition) is 5. The fraction of sp³-hybridized carbons (Fsp3) is 0.154.